The highest BCUT2D eigenvalue weighted by molar-refractivity contribution is 5.86. The van der Waals surface area contributed by atoms with Gasteiger partial charge in [-0.25, -0.2) is 4.79 Å². The first kappa shape index (κ1) is 15.3. The van der Waals surface area contributed by atoms with Gasteiger partial charge in [-0.2, -0.15) is 0 Å². The van der Waals surface area contributed by atoms with Crippen LogP contribution in [0.2, 0.25) is 0 Å². The maximum absolute atomic E-state index is 12.7. The summed E-state index contributed by atoms with van der Waals surface area (Å²) in [5.41, 5.74) is 6.11. The van der Waals surface area contributed by atoms with Gasteiger partial charge < -0.3 is 20.5 Å². The predicted molar refractivity (Wildman–Crippen MR) is 73.1 cm³/mol. The number of ether oxygens (including phenoxy) is 1. The Morgan fingerprint density at radius 3 is 2.60 bits per heavy atom. The van der Waals surface area contributed by atoms with Crippen LogP contribution in [-0.2, 0) is 14.3 Å². The van der Waals surface area contributed by atoms with E-state index in [0.29, 0.717) is 13.0 Å². The predicted octanol–water partition coefficient (Wildman–Crippen LogP) is 0.595. The number of carboxylic acid groups (broad SMARTS) is 1. The van der Waals surface area contributed by atoms with Crippen molar-refractivity contribution in [2.45, 2.75) is 56.7 Å². The molecule has 1 aliphatic carbocycles. The maximum atomic E-state index is 12.7. The largest absolute Gasteiger partial charge is 0.480 e. The van der Waals surface area contributed by atoms with E-state index in [-0.39, 0.29) is 24.0 Å². The molecule has 2 aliphatic rings. The first-order valence-corrected chi connectivity index (χ1v) is 7.36. The van der Waals surface area contributed by atoms with Crippen molar-refractivity contribution in [3.8, 4) is 0 Å². The molecular formula is C14H24N2O4. The van der Waals surface area contributed by atoms with Crippen LogP contribution in [0, 0.1) is 5.92 Å². The third-order valence-electron chi connectivity index (χ3n) is 4.55. The van der Waals surface area contributed by atoms with Crippen molar-refractivity contribution in [2.24, 2.45) is 11.7 Å². The quantitative estimate of drug-likeness (QED) is 0.740. The number of nitrogens with zero attached hydrogens (tertiary/aromatic N) is 1. The molecule has 0 bridgehead atoms. The molecule has 1 heterocycles. The highest BCUT2D eigenvalue weighted by atomic mass is 16.5. The van der Waals surface area contributed by atoms with Crippen LogP contribution in [0.4, 0.5) is 0 Å². The van der Waals surface area contributed by atoms with Gasteiger partial charge in [0.25, 0.3) is 0 Å². The molecule has 20 heavy (non-hydrogen) atoms. The van der Waals surface area contributed by atoms with Crippen molar-refractivity contribution in [3.05, 3.63) is 0 Å². The van der Waals surface area contributed by atoms with Gasteiger partial charge in [0.2, 0.25) is 5.91 Å². The average Bonchev–Trinajstić information content (AvgIpc) is 2.75. The third kappa shape index (κ3) is 3.12. The Morgan fingerprint density at radius 1 is 1.25 bits per heavy atom. The molecular weight excluding hydrogens is 260 g/mol. The minimum atomic E-state index is -0.958. The molecule has 1 aliphatic heterocycles. The number of carbonyl (C=O) groups excluding carboxylic acids is 1. The monoisotopic (exact) mass is 284 g/mol. The molecule has 0 aromatic carbocycles. The average molecular weight is 284 g/mol. The van der Waals surface area contributed by atoms with Crippen LogP contribution in [0.25, 0.3) is 0 Å². The Labute approximate surface area is 119 Å². The maximum Gasteiger partial charge on any atom is 0.326 e. The summed E-state index contributed by atoms with van der Waals surface area (Å²) in [6.07, 6.45) is 4.91. The molecule has 2 rings (SSSR count). The lowest BCUT2D eigenvalue weighted by Gasteiger charge is -2.28. The summed E-state index contributed by atoms with van der Waals surface area (Å²) < 4.78 is 5.22. The summed E-state index contributed by atoms with van der Waals surface area (Å²) in [7, 11) is 1.55. The van der Waals surface area contributed by atoms with Gasteiger partial charge >= 0.3 is 5.97 Å². The van der Waals surface area contributed by atoms with Gasteiger partial charge in [-0.05, 0) is 12.8 Å². The summed E-state index contributed by atoms with van der Waals surface area (Å²) in [5, 5.41) is 9.28. The number of methoxy groups -OCH3 is 1. The summed E-state index contributed by atoms with van der Waals surface area (Å²) in [6.45, 7) is 0.357. The Balaban J connectivity index is 2.11. The SMILES string of the molecule is COC1CC(C(=O)O)N(C(=O)C2CCCCCC2N)C1. The molecule has 3 N–H and O–H groups in total. The Bertz CT molecular complexity index is 374. The van der Waals surface area contributed by atoms with Gasteiger partial charge in [0.15, 0.2) is 0 Å². The van der Waals surface area contributed by atoms with Gasteiger partial charge in [0, 0.05) is 26.1 Å². The Hall–Kier alpha value is -1.14. The number of carbonyl (C=O) groups is 2. The Kier molecular flexibility index (Phi) is 4.99. The second-order valence-electron chi connectivity index (χ2n) is 5.85. The zero-order chi connectivity index (χ0) is 14.7. The first-order valence-electron chi connectivity index (χ1n) is 7.36. The Morgan fingerprint density at radius 2 is 1.95 bits per heavy atom. The second kappa shape index (κ2) is 6.54. The molecule has 6 heteroatoms. The molecule has 4 atom stereocenters. The van der Waals surface area contributed by atoms with Gasteiger partial charge in [-0.15, -0.1) is 0 Å². The zero-order valence-corrected chi connectivity index (χ0v) is 12.0. The summed E-state index contributed by atoms with van der Waals surface area (Å²) in [5.74, 6) is -1.30. The molecule has 0 aromatic rings. The lowest BCUT2D eigenvalue weighted by molar-refractivity contribution is -0.150. The van der Waals surface area contributed by atoms with Gasteiger partial charge in [-0.1, -0.05) is 19.3 Å². The minimum absolute atomic E-state index is 0.105. The van der Waals surface area contributed by atoms with Crippen molar-refractivity contribution in [2.75, 3.05) is 13.7 Å². The van der Waals surface area contributed by atoms with E-state index in [1.165, 1.54) is 4.90 Å². The molecule has 6 nitrogen and oxygen atoms in total. The highest BCUT2D eigenvalue weighted by Gasteiger charge is 2.43. The summed E-state index contributed by atoms with van der Waals surface area (Å²) in [4.78, 5) is 25.5. The van der Waals surface area contributed by atoms with Crippen LogP contribution in [0.1, 0.15) is 38.5 Å². The van der Waals surface area contributed by atoms with E-state index < -0.39 is 12.0 Å². The number of likely N-dealkylation sites (tertiary alicyclic amines) is 1. The van der Waals surface area contributed by atoms with Crippen LogP contribution in [0.15, 0.2) is 0 Å². The van der Waals surface area contributed by atoms with Crippen LogP contribution in [0.3, 0.4) is 0 Å². The van der Waals surface area contributed by atoms with E-state index in [4.69, 9.17) is 10.5 Å². The number of aliphatic carboxylic acids is 1. The van der Waals surface area contributed by atoms with E-state index in [2.05, 4.69) is 0 Å². The molecule has 2 fully saturated rings. The van der Waals surface area contributed by atoms with E-state index in [1.807, 2.05) is 0 Å². The fraction of sp³-hybridized carbons (Fsp3) is 0.857. The van der Waals surface area contributed by atoms with Crippen LogP contribution >= 0.6 is 0 Å². The fourth-order valence-electron chi connectivity index (χ4n) is 3.30. The van der Waals surface area contributed by atoms with Gasteiger partial charge in [-0.3, -0.25) is 4.79 Å². The molecule has 1 saturated carbocycles. The van der Waals surface area contributed by atoms with Crippen molar-refractivity contribution in [1.82, 2.24) is 4.90 Å². The zero-order valence-electron chi connectivity index (χ0n) is 12.0. The van der Waals surface area contributed by atoms with Crippen molar-refractivity contribution >= 4 is 11.9 Å². The van der Waals surface area contributed by atoms with Crippen LogP contribution in [0.5, 0.6) is 0 Å². The van der Waals surface area contributed by atoms with Gasteiger partial charge in [0.1, 0.15) is 6.04 Å². The van der Waals surface area contributed by atoms with Crippen LogP contribution < -0.4 is 5.73 Å². The normalized spacial score (nSPS) is 34.8. The molecule has 0 spiro atoms. The second-order valence-corrected chi connectivity index (χ2v) is 5.85. The number of rotatable bonds is 3. The number of amides is 1. The lowest BCUT2D eigenvalue weighted by Crippen LogP contribution is -2.48. The minimum Gasteiger partial charge on any atom is -0.480 e. The molecule has 114 valence electrons. The number of hydrogen-bond donors (Lipinski definition) is 2. The van der Waals surface area contributed by atoms with Crippen molar-refractivity contribution < 1.29 is 19.4 Å². The first-order chi connectivity index (χ1) is 9.54. The summed E-state index contributed by atoms with van der Waals surface area (Å²) >= 11 is 0. The van der Waals surface area contributed by atoms with E-state index >= 15 is 0 Å². The fourth-order valence-corrected chi connectivity index (χ4v) is 3.30. The highest BCUT2D eigenvalue weighted by Crippen LogP contribution is 2.28. The number of carboxylic acids is 1. The van der Waals surface area contributed by atoms with Crippen molar-refractivity contribution in [3.63, 3.8) is 0 Å². The van der Waals surface area contributed by atoms with E-state index in [9.17, 15) is 14.7 Å². The lowest BCUT2D eigenvalue weighted by atomic mass is 9.93. The molecule has 0 radical (unpaired) electrons. The molecule has 1 saturated heterocycles. The number of nitrogens with two attached hydrogens (primary N) is 1. The smallest absolute Gasteiger partial charge is 0.326 e. The van der Waals surface area contributed by atoms with Crippen molar-refractivity contribution in [1.29, 1.82) is 0 Å². The standard InChI is InChI=1S/C14H24N2O4/c1-20-9-7-12(14(18)19)16(8-9)13(17)10-5-3-2-4-6-11(10)15/h9-12H,2-8,15H2,1H3,(H,18,19). The van der Waals surface area contributed by atoms with E-state index in [1.54, 1.807) is 7.11 Å². The van der Waals surface area contributed by atoms with E-state index in [0.717, 1.165) is 32.1 Å². The molecule has 0 aromatic heterocycles. The number of hydrogen-bond acceptors (Lipinski definition) is 4. The molecule has 1 amide bonds. The molecule has 4 unspecified atom stereocenters. The van der Waals surface area contributed by atoms with Crippen LogP contribution in [-0.4, -0.2) is 53.7 Å². The third-order valence-corrected chi connectivity index (χ3v) is 4.55. The topological polar surface area (TPSA) is 92.9 Å². The summed E-state index contributed by atoms with van der Waals surface area (Å²) in [6, 6.07) is -0.927. The van der Waals surface area contributed by atoms with Gasteiger partial charge in [0.05, 0.1) is 12.0 Å².